The maximum absolute atomic E-state index is 14.1. The SMILES string of the molecule is COC(C)(F)c1ccc(Oc2ccc(SC)cc2CN(C)C)cc1. The largest absolute Gasteiger partial charge is 0.457 e. The summed E-state index contributed by atoms with van der Waals surface area (Å²) in [5, 5.41) is 0. The van der Waals surface area contributed by atoms with Crippen LogP contribution in [0.25, 0.3) is 0 Å². The first-order chi connectivity index (χ1) is 11.4. The number of alkyl halides is 1. The number of methoxy groups -OCH3 is 1. The fourth-order valence-corrected chi connectivity index (χ4v) is 2.78. The van der Waals surface area contributed by atoms with E-state index in [0.29, 0.717) is 11.3 Å². The molecule has 2 aromatic carbocycles. The fourth-order valence-electron chi connectivity index (χ4n) is 2.31. The lowest BCUT2D eigenvalue weighted by molar-refractivity contribution is -0.112. The predicted molar refractivity (Wildman–Crippen MR) is 97.6 cm³/mol. The van der Waals surface area contributed by atoms with Crippen LogP contribution < -0.4 is 4.74 Å². The van der Waals surface area contributed by atoms with Crippen molar-refractivity contribution in [1.82, 2.24) is 4.90 Å². The van der Waals surface area contributed by atoms with Crippen molar-refractivity contribution in [3.8, 4) is 11.5 Å². The minimum absolute atomic E-state index is 0.462. The molecule has 1 unspecified atom stereocenters. The molecule has 2 rings (SSSR count). The van der Waals surface area contributed by atoms with Crippen LogP contribution in [0, 0.1) is 0 Å². The van der Waals surface area contributed by atoms with Gasteiger partial charge in [0.15, 0.2) is 0 Å². The molecule has 0 bridgehead atoms. The number of thioether (sulfide) groups is 1. The minimum Gasteiger partial charge on any atom is -0.457 e. The van der Waals surface area contributed by atoms with Gasteiger partial charge >= 0.3 is 0 Å². The molecule has 24 heavy (non-hydrogen) atoms. The van der Waals surface area contributed by atoms with Crippen molar-refractivity contribution in [2.45, 2.75) is 24.2 Å². The van der Waals surface area contributed by atoms with Crippen LogP contribution in [-0.4, -0.2) is 32.4 Å². The Morgan fingerprint density at radius 2 is 1.79 bits per heavy atom. The number of benzene rings is 2. The van der Waals surface area contributed by atoms with Gasteiger partial charge in [0.1, 0.15) is 11.5 Å². The normalized spacial score (nSPS) is 13.8. The van der Waals surface area contributed by atoms with Gasteiger partial charge in [-0.25, -0.2) is 4.39 Å². The highest BCUT2D eigenvalue weighted by Crippen LogP contribution is 2.32. The van der Waals surface area contributed by atoms with Gasteiger partial charge in [-0.2, -0.15) is 0 Å². The third-order valence-corrected chi connectivity index (χ3v) is 4.46. The van der Waals surface area contributed by atoms with Gasteiger partial charge in [-0.05, 0) is 69.7 Å². The Hall–Kier alpha value is -1.56. The third-order valence-electron chi connectivity index (χ3n) is 3.74. The first-order valence-corrected chi connectivity index (χ1v) is 8.92. The minimum atomic E-state index is -1.80. The molecule has 130 valence electrons. The monoisotopic (exact) mass is 349 g/mol. The molecule has 0 saturated carbocycles. The molecule has 0 spiro atoms. The number of halogens is 1. The van der Waals surface area contributed by atoms with Crippen molar-refractivity contribution < 1.29 is 13.9 Å². The maximum Gasteiger partial charge on any atom is 0.232 e. The van der Waals surface area contributed by atoms with Gasteiger partial charge in [-0.3, -0.25) is 0 Å². The van der Waals surface area contributed by atoms with E-state index in [1.807, 2.05) is 26.2 Å². The molecule has 0 N–H and O–H groups in total. The van der Waals surface area contributed by atoms with E-state index in [2.05, 4.69) is 17.2 Å². The van der Waals surface area contributed by atoms with Crippen molar-refractivity contribution in [2.75, 3.05) is 27.5 Å². The van der Waals surface area contributed by atoms with Gasteiger partial charge < -0.3 is 14.4 Å². The zero-order chi connectivity index (χ0) is 17.7. The summed E-state index contributed by atoms with van der Waals surface area (Å²) in [6.45, 7) is 2.17. The molecule has 0 aromatic heterocycles. The van der Waals surface area contributed by atoms with E-state index >= 15 is 0 Å². The highest BCUT2D eigenvalue weighted by atomic mass is 32.2. The van der Waals surface area contributed by atoms with Crippen LogP contribution in [0.15, 0.2) is 47.4 Å². The Labute approximate surface area is 147 Å². The van der Waals surface area contributed by atoms with Crippen LogP contribution in [0.3, 0.4) is 0 Å². The maximum atomic E-state index is 14.1. The van der Waals surface area contributed by atoms with Gasteiger partial charge in [0, 0.05) is 29.7 Å². The topological polar surface area (TPSA) is 21.7 Å². The van der Waals surface area contributed by atoms with Crippen molar-refractivity contribution in [2.24, 2.45) is 0 Å². The van der Waals surface area contributed by atoms with Crippen LogP contribution in [0.4, 0.5) is 4.39 Å². The Balaban J connectivity index is 2.24. The van der Waals surface area contributed by atoms with Crippen molar-refractivity contribution in [3.63, 3.8) is 0 Å². The van der Waals surface area contributed by atoms with E-state index < -0.39 is 5.85 Å². The van der Waals surface area contributed by atoms with E-state index in [0.717, 1.165) is 17.9 Å². The summed E-state index contributed by atoms with van der Waals surface area (Å²) in [6, 6.07) is 13.0. The molecule has 0 heterocycles. The van der Waals surface area contributed by atoms with Crippen LogP contribution in [-0.2, 0) is 17.1 Å². The molecule has 2 aromatic rings. The van der Waals surface area contributed by atoms with Gasteiger partial charge in [-0.15, -0.1) is 11.8 Å². The molecule has 0 radical (unpaired) electrons. The Morgan fingerprint density at radius 3 is 2.33 bits per heavy atom. The molecular formula is C19H24FNO2S. The second kappa shape index (κ2) is 8.01. The third kappa shape index (κ3) is 4.72. The van der Waals surface area contributed by atoms with E-state index in [9.17, 15) is 4.39 Å². The summed E-state index contributed by atoms with van der Waals surface area (Å²) in [7, 11) is 5.40. The second-order valence-corrected chi connectivity index (χ2v) is 6.84. The average Bonchev–Trinajstić information content (AvgIpc) is 2.56. The molecule has 0 saturated heterocycles. The molecule has 1 atom stereocenters. The summed E-state index contributed by atoms with van der Waals surface area (Å²) in [5.74, 6) is -0.319. The standard InChI is InChI=1S/C19H24FNO2S/c1-19(20,22-4)15-6-8-16(9-7-15)23-18-11-10-17(24-5)12-14(18)13-21(2)3/h6-12H,13H2,1-5H3. The molecule has 0 aliphatic rings. The zero-order valence-electron chi connectivity index (χ0n) is 14.8. The number of ether oxygens (including phenoxy) is 2. The lowest BCUT2D eigenvalue weighted by Gasteiger charge is -2.19. The Morgan fingerprint density at radius 1 is 1.12 bits per heavy atom. The summed E-state index contributed by atoms with van der Waals surface area (Å²) >= 11 is 1.70. The van der Waals surface area contributed by atoms with Crippen molar-refractivity contribution in [3.05, 3.63) is 53.6 Å². The van der Waals surface area contributed by atoms with Crippen LogP contribution in [0.5, 0.6) is 11.5 Å². The summed E-state index contributed by atoms with van der Waals surface area (Å²) < 4.78 is 25.0. The van der Waals surface area contributed by atoms with Crippen molar-refractivity contribution in [1.29, 1.82) is 0 Å². The highest BCUT2D eigenvalue weighted by molar-refractivity contribution is 7.98. The number of nitrogens with zero attached hydrogens (tertiary/aromatic N) is 1. The van der Waals surface area contributed by atoms with E-state index in [4.69, 9.17) is 9.47 Å². The van der Waals surface area contributed by atoms with Crippen LogP contribution in [0.1, 0.15) is 18.1 Å². The molecule has 5 heteroatoms. The number of hydrogen-bond donors (Lipinski definition) is 0. The van der Waals surface area contributed by atoms with Crippen LogP contribution in [0.2, 0.25) is 0 Å². The summed E-state index contributed by atoms with van der Waals surface area (Å²) in [6.07, 6.45) is 2.05. The van der Waals surface area contributed by atoms with Gasteiger partial charge in [-0.1, -0.05) is 0 Å². The van der Waals surface area contributed by atoms with E-state index in [-0.39, 0.29) is 0 Å². The van der Waals surface area contributed by atoms with Crippen molar-refractivity contribution >= 4 is 11.8 Å². The molecule has 0 aliphatic heterocycles. The fraction of sp³-hybridized carbons (Fsp3) is 0.368. The molecular weight excluding hydrogens is 325 g/mol. The molecule has 0 fully saturated rings. The highest BCUT2D eigenvalue weighted by Gasteiger charge is 2.24. The Bertz CT molecular complexity index is 672. The average molecular weight is 349 g/mol. The van der Waals surface area contributed by atoms with E-state index in [1.165, 1.54) is 18.9 Å². The molecule has 0 amide bonds. The molecule has 3 nitrogen and oxygen atoms in total. The lowest BCUT2D eigenvalue weighted by atomic mass is 10.1. The second-order valence-electron chi connectivity index (χ2n) is 5.96. The zero-order valence-corrected chi connectivity index (χ0v) is 15.6. The lowest BCUT2D eigenvalue weighted by Crippen LogP contribution is -2.17. The first kappa shape index (κ1) is 18.8. The first-order valence-electron chi connectivity index (χ1n) is 7.70. The van der Waals surface area contributed by atoms with Crippen LogP contribution >= 0.6 is 11.8 Å². The van der Waals surface area contributed by atoms with E-state index in [1.54, 1.807) is 36.0 Å². The van der Waals surface area contributed by atoms with Gasteiger partial charge in [0.25, 0.3) is 0 Å². The molecule has 0 aliphatic carbocycles. The predicted octanol–water partition coefficient (Wildman–Crippen LogP) is 5.05. The quantitative estimate of drug-likeness (QED) is 0.652. The Kier molecular flexibility index (Phi) is 6.27. The number of rotatable bonds is 7. The number of hydrogen-bond acceptors (Lipinski definition) is 4. The summed E-state index contributed by atoms with van der Waals surface area (Å²) in [4.78, 5) is 3.30. The van der Waals surface area contributed by atoms with Gasteiger partial charge in [0.2, 0.25) is 5.85 Å². The summed E-state index contributed by atoms with van der Waals surface area (Å²) in [5.41, 5.74) is 1.58. The van der Waals surface area contributed by atoms with Gasteiger partial charge in [0.05, 0.1) is 0 Å². The smallest absolute Gasteiger partial charge is 0.232 e.